The highest BCUT2D eigenvalue weighted by atomic mass is 15.5. The average molecular weight is 407 g/mol. The lowest BCUT2D eigenvalue weighted by molar-refractivity contribution is 0.358. The minimum atomic E-state index is 0.153. The van der Waals surface area contributed by atoms with Crippen molar-refractivity contribution in [3.63, 3.8) is 0 Å². The van der Waals surface area contributed by atoms with Crippen molar-refractivity contribution >= 4 is 11.6 Å². The van der Waals surface area contributed by atoms with Gasteiger partial charge in [-0.15, -0.1) is 5.10 Å². The molecule has 1 heterocycles. The van der Waals surface area contributed by atoms with E-state index in [0.29, 0.717) is 18.4 Å². The third kappa shape index (κ3) is 5.56. The average Bonchev–Trinajstić information content (AvgIpc) is 3.24. The molecule has 2 N–H and O–H groups in total. The Morgan fingerprint density at radius 2 is 1.63 bits per heavy atom. The molecule has 0 amide bonds. The minimum absolute atomic E-state index is 0.153. The lowest BCUT2D eigenvalue weighted by atomic mass is 9.87. The van der Waals surface area contributed by atoms with Crippen molar-refractivity contribution in [2.24, 2.45) is 10.8 Å². The summed E-state index contributed by atoms with van der Waals surface area (Å²) >= 11 is 0. The van der Waals surface area contributed by atoms with E-state index in [0.717, 1.165) is 25.2 Å². The molecule has 0 bridgehead atoms. The van der Waals surface area contributed by atoms with Gasteiger partial charge < -0.3 is 10.6 Å². The Kier molecular flexibility index (Phi) is 7.06. The van der Waals surface area contributed by atoms with Crippen LogP contribution in [-0.4, -0.2) is 24.1 Å². The van der Waals surface area contributed by atoms with Gasteiger partial charge in [0, 0.05) is 18.8 Å². The van der Waals surface area contributed by atoms with E-state index in [4.69, 9.17) is 10.8 Å². The topological polar surface area (TPSA) is 44.9 Å². The van der Waals surface area contributed by atoms with E-state index in [1.54, 1.807) is 0 Å². The summed E-state index contributed by atoms with van der Waals surface area (Å²) in [6.45, 7) is 13.9. The van der Waals surface area contributed by atoms with Gasteiger partial charge in [-0.3, -0.25) is 5.01 Å². The Morgan fingerprint density at radius 1 is 1.03 bits per heavy atom. The second kappa shape index (κ2) is 9.55. The van der Waals surface area contributed by atoms with Crippen LogP contribution in [0.4, 0.5) is 5.69 Å². The maximum absolute atomic E-state index is 6.54. The largest absolute Gasteiger partial charge is 0.368 e. The first kappa shape index (κ1) is 22.2. The summed E-state index contributed by atoms with van der Waals surface area (Å²) in [7, 11) is 0. The van der Waals surface area contributed by atoms with Crippen molar-refractivity contribution in [2.45, 2.75) is 71.8 Å². The Hall–Kier alpha value is -2.49. The molecule has 0 saturated carbocycles. The van der Waals surface area contributed by atoms with Crippen molar-refractivity contribution in [1.29, 1.82) is 0 Å². The molecule has 1 aliphatic heterocycles. The summed E-state index contributed by atoms with van der Waals surface area (Å²) < 4.78 is 0. The van der Waals surface area contributed by atoms with Crippen LogP contribution in [-0.2, 0) is 12.0 Å². The van der Waals surface area contributed by atoms with Crippen molar-refractivity contribution in [3.05, 3.63) is 65.2 Å². The number of anilines is 1. The molecule has 1 saturated heterocycles. The van der Waals surface area contributed by atoms with Crippen molar-refractivity contribution in [1.82, 2.24) is 5.01 Å². The standard InChI is InChI=1S/C26H38N4/c1-6-20(2)22-11-15-24(16-12-22)30(25(27)28-29-17-7-8-18-29)19-21-9-13-23(14-10-21)26(3,4)5/h9-16,20H,6-8,17-19H2,1-5H3,(H2,27,28). The molecule has 2 aromatic rings. The SMILES string of the molecule is CCC(C)c1ccc(N(Cc2ccc(C(C)(C)C)cc2)/C(N)=N/N2CCCC2)cc1. The third-order valence-electron chi connectivity index (χ3n) is 6.15. The first-order chi connectivity index (χ1) is 14.3. The van der Waals surface area contributed by atoms with Gasteiger partial charge in [0.1, 0.15) is 0 Å². The van der Waals surface area contributed by atoms with E-state index in [1.165, 1.54) is 29.5 Å². The fraction of sp³-hybridized carbons (Fsp3) is 0.500. The maximum atomic E-state index is 6.54. The highest BCUT2D eigenvalue weighted by Gasteiger charge is 2.17. The fourth-order valence-corrected chi connectivity index (χ4v) is 3.82. The van der Waals surface area contributed by atoms with E-state index in [2.05, 4.69) is 93.1 Å². The van der Waals surface area contributed by atoms with Crippen LogP contribution >= 0.6 is 0 Å². The van der Waals surface area contributed by atoms with Crippen molar-refractivity contribution < 1.29 is 0 Å². The minimum Gasteiger partial charge on any atom is -0.368 e. The monoisotopic (exact) mass is 406 g/mol. The molecule has 1 unspecified atom stereocenters. The van der Waals surface area contributed by atoms with E-state index in [-0.39, 0.29) is 5.41 Å². The number of guanidine groups is 1. The second-order valence-electron chi connectivity index (χ2n) is 9.55. The molecular weight excluding hydrogens is 368 g/mol. The van der Waals surface area contributed by atoms with Gasteiger partial charge in [0.05, 0.1) is 6.54 Å². The molecule has 1 aliphatic rings. The lowest BCUT2D eigenvalue weighted by Crippen LogP contribution is -2.39. The first-order valence-corrected chi connectivity index (χ1v) is 11.3. The van der Waals surface area contributed by atoms with Gasteiger partial charge >= 0.3 is 0 Å². The molecule has 0 aromatic heterocycles. The normalized spacial score (nSPS) is 16.0. The van der Waals surface area contributed by atoms with Crippen LogP contribution in [0.25, 0.3) is 0 Å². The highest BCUT2D eigenvalue weighted by Crippen LogP contribution is 2.26. The predicted octanol–water partition coefficient (Wildman–Crippen LogP) is 5.83. The zero-order chi connectivity index (χ0) is 21.7. The summed E-state index contributed by atoms with van der Waals surface area (Å²) in [4.78, 5) is 2.13. The van der Waals surface area contributed by atoms with E-state index in [9.17, 15) is 0 Å². The summed E-state index contributed by atoms with van der Waals surface area (Å²) in [6.07, 6.45) is 3.52. The van der Waals surface area contributed by atoms with Crippen LogP contribution < -0.4 is 10.6 Å². The number of hydrogen-bond acceptors (Lipinski definition) is 2. The van der Waals surface area contributed by atoms with Crippen LogP contribution in [0.2, 0.25) is 0 Å². The molecule has 0 aliphatic carbocycles. The zero-order valence-corrected chi connectivity index (χ0v) is 19.4. The summed E-state index contributed by atoms with van der Waals surface area (Å²) in [5.74, 6) is 1.13. The van der Waals surface area contributed by atoms with E-state index >= 15 is 0 Å². The van der Waals surface area contributed by atoms with Gasteiger partial charge in [-0.25, -0.2) is 0 Å². The van der Waals surface area contributed by atoms with Crippen LogP contribution in [0.15, 0.2) is 53.6 Å². The maximum Gasteiger partial charge on any atom is 0.218 e. The number of benzene rings is 2. The Labute approximate surface area is 182 Å². The van der Waals surface area contributed by atoms with Crippen LogP contribution in [0, 0.1) is 0 Å². The van der Waals surface area contributed by atoms with Crippen molar-refractivity contribution in [2.75, 3.05) is 18.0 Å². The molecule has 0 radical (unpaired) electrons. The molecule has 4 heteroatoms. The highest BCUT2D eigenvalue weighted by molar-refractivity contribution is 5.94. The number of nitrogens with zero attached hydrogens (tertiary/aromatic N) is 3. The summed E-state index contributed by atoms with van der Waals surface area (Å²) in [6, 6.07) is 17.7. The van der Waals surface area contributed by atoms with E-state index in [1.807, 2.05) is 0 Å². The lowest BCUT2D eigenvalue weighted by Gasteiger charge is -2.26. The van der Waals surface area contributed by atoms with Gasteiger partial charge in [0.2, 0.25) is 5.96 Å². The number of hydrazone groups is 1. The Balaban J connectivity index is 1.87. The molecule has 1 fully saturated rings. The smallest absolute Gasteiger partial charge is 0.218 e. The second-order valence-corrected chi connectivity index (χ2v) is 9.55. The van der Waals surface area contributed by atoms with Gasteiger partial charge in [-0.2, -0.15) is 0 Å². The molecular formula is C26H38N4. The predicted molar refractivity (Wildman–Crippen MR) is 129 cm³/mol. The molecule has 1 atom stereocenters. The molecule has 2 aromatic carbocycles. The van der Waals surface area contributed by atoms with Crippen LogP contribution in [0.5, 0.6) is 0 Å². The molecule has 4 nitrogen and oxygen atoms in total. The molecule has 3 rings (SSSR count). The Bertz CT molecular complexity index is 825. The first-order valence-electron chi connectivity index (χ1n) is 11.3. The number of rotatable bonds is 6. The molecule has 0 spiro atoms. The fourth-order valence-electron chi connectivity index (χ4n) is 3.82. The van der Waals surface area contributed by atoms with Gasteiger partial charge in [-0.1, -0.05) is 71.0 Å². The van der Waals surface area contributed by atoms with Gasteiger partial charge in [-0.05, 0) is 59.4 Å². The summed E-state index contributed by atoms with van der Waals surface area (Å²) in [5.41, 5.74) is 11.7. The van der Waals surface area contributed by atoms with Crippen LogP contribution in [0.3, 0.4) is 0 Å². The third-order valence-corrected chi connectivity index (χ3v) is 6.15. The van der Waals surface area contributed by atoms with E-state index < -0.39 is 0 Å². The zero-order valence-electron chi connectivity index (χ0n) is 19.4. The summed E-state index contributed by atoms with van der Waals surface area (Å²) in [5, 5.41) is 6.83. The quantitative estimate of drug-likeness (QED) is 0.485. The molecule has 30 heavy (non-hydrogen) atoms. The van der Waals surface area contributed by atoms with Crippen LogP contribution in [0.1, 0.15) is 76.5 Å². The van der Waals surface area contributed by atoms with Gasteiger partial charge in [0.15, 0.2) is 0 Å². The molecule has 162 valence electrons. The number of nitrogens with two attached hydrogens (primary N) is 1. The number of hydrogen-bond donors (Lipinski definition) is 1. The van der Waals surface area contributed by atoms with Gasteiger partial charge in [0.25, 0.3) is 0 Å². The van der Waals surface area contributed by atoms with Crippen molar-refractivity contribution in [3.8, 4) is 0 Å². The Morgan fingerprint density at radius 3 is 2.17 bits per heavy atom.